The maximum Gasteiger partial charge on any atom is 0.252 e. The predicted molar refractivity (Wildman–Crippen MR) is 110 cm³/mol. The molecule has 2 heterocycles. The third-order valence-electron chi connectivity index (χ3n) is 5.06. The summed E-state index contributed by atoms with van der Waals surface area (Å²) >= 11 is 1.20. The van der Waals surface area contributed by atoms with Gasteiger partial charge in [-0.15, -0.1) is 11.3 Å². The van der Waals surface area contributed by atoms with Crippen LogP contribution >= 0.6 is 11.3 Å². The molecule has 152 valence electrons. The van der Waals surface area contributed by atoms with Crippen LogP contribution in [0.15, 0.2) is 39.9 Å². The number of carbonyl (C=O) groups excluding carboxylic acids is 1. The van der Waals surface area contributed by atoms with Gasteiger partial charge in [-0.1, -0.05) is 18.2 Å². The molecule has 1 N–H and O–H groups in total. The molecule has 0 aliphatic carbocycles. The fourth-order valence-corrected chi connectivity index (χ4v) is 5.94. The first kappa shape index (κ1) is 20.8. The van der Waals surface area contributed by atoms with Crippen LogP contribution in [-0.2, 0) is 14.8 Å². The Kier molecular flexibility index (Phi) is 6.74. The molecule has 1 fully saturated rings. The summed E-state index contributed by atoms with van der Waals surface area (Å²) < 4.78 is 32.9. The summed E-state index contributed by atoms with van der Waals surface area (Å²) in [6, 6.07) is 9.22. The largest absolute Gasteiger partial charge is 0.491 e. The van der Waals surface area contributed by atoms with Gasteiger partial charge in [-0.2, -0.15) is 4.31 Å². The van der Waals surface area contributed by atoms with Crippen LogP contribution < -0.4 is 10.1 Å². The van der Waals surface area contributed by atoms with Crippen LogP contribution in [0.1, 0.15) is 24.0 Å². The van der Waals surface area contributed by atoms with Gasteiger partial charge >= 0.3 is 0 Å². The molecular weight excluding hydrogens is 396 g/mol. The Morgan fingerprint density at radius 2 is 2.11 bits per heavy atom. The number of hydrogen-bond acceptors (Lipinski definition) is 5. The first-order valence-corrected chi connectivity index (χ1v) is 11.7. The fourth-order valence-electron chi connectivity index (χ4n) is 3.27. The van der Waals surface area contributed by atoms with E-state index in [1.165, 1.54) is 15.6 Å². The Bertz CT molecular complexity index is 910. The maximum atomic E-state index is 12.7. The van der Waals surface area contributed by atoms with Gasteiger partial charge < -0.3 is 10.1 Å². The smallest absolute Gasteiger partial charge is 0.252 e. The topological polar surface area (TPSA) is 75.7 Å². The van der Waals surface area contributed by atoms with Gasteiger partial charge in [0.1, 0.15) is 16.6 Å². The van der Waals surface area contributed by atoms with Gasteiger partial charge in [0.15, 0.2) is 0 Å². The highest BCUT2D eigenvalue weighted by Crippen LogP contribution is 2.26. The number of hydrogen-bond donors (Lipinski definition) is 1. The molecule has 0 saturated carbocycles. The first-order chi connectivity index (χ1) is 13.4. The molecule has 0 bridgehead atoms. The third kappa shape index (κ3) is 4.74. The Labute approximate surface area is 170 Å². The Morgan fingerprint density at radius 1 is 1.29 bits per heavy atom. The van der Waals surface area contributed by atoms with Crippen LogP contribution in [-0.4, -0.2) is 44.9 Å². The molecule has 1 aromatic carbocycles. The van der Waals surface area contributed by atoms with Gasteiger partial charge in [0.25, 0.3) is 10.0 Å². The highest BCUT2D eigenvalue weighted by molar-refractivity contribution is 7.91. The first-order valence-electron chi connectivity index (χ1n) is 9.40. The molecule has 3 rings (SSSR count). The minimum atomic E-state index is -3.51. The van der Waals surface area contributed by atoms with Crippen molar-refractivity contribution in [2.75, 3.05) is 26.2 Å². The highest BCUT2D eigenvalue weighted by Gasteiger charge is 2.33. The van der Waals surface area contributed by atoms with Crippen molar-refractivity contribution in [1.29, 1.82) is 0 Å². The second kappa shape index (κ2) is 9.07. The van der Waals surface area contributed by atoms with Crippen molar-refractivity contribution in [3.8, 4) is 5.75 Å². The molecule has 1 aliphatic heterocycles. The van der Waals surface area contributed by atoms with Crippen molar-refractivity contribution >= 4 is 27.3 Å². The van der Waals surface area contributed by atoms with Gasteiger partial charge in [0.05, 0.1) is 12.5 Å². The van der Waals surface area contributed by atoms with Gasteiger partial charge in [0, 0.05) is 13.1 Å². The van der Waals surface area contributed by atoms with Crippen LogP contribution in [0.4, 0.5) is 0 Å². The molecule has 1 atom stereocenters. The average molecular weight is 423 g/mol. The summed E-state index contributed by atoms with van der Waals surface area (Å²) in [7, 11) is -3.51. The third-order valence-corrected chi connectivity index (χ3v) is 8.30. The zero-order valence-corrected chi connectivity index (χ0v) is 17.8. The van der Waals surface area contributed by atoms with E-state index in [-0.39, 0.29) is 18.4 Å². The van der Waals surface area contributed by atoms with Crippen LogP contribution in [0.2, 0.25) is 0 Å². The van der Waals surface area contributed by atoms with E-state index in [1.807, 2.05) is 32.0 Å². The molecule has 6 nitrogen and oxygen atoms in total. The summed E-state index contributed by atoms with van der Waals surface area (Å²) in [4.78, 5) is 12.5. The molecule has 1 aromatic heterocycles. The molecule has 8 heteroatoms. The number of thiophene rings is 1. The number of amides is 1. The van der Waals surface area contributed by atoms with Crippen LogP contribution in [0, 0.1) is 19.8 Å². The zero-order chi connectivity index (χ0) is 20.1. The molecule has 0 radical (unpaired) electrons. The van der Waals surface area contributed by atoms with Crippen molar-refractivity contribution in [1.82, 2.24) is 9.62 Å². The van der Waals surface area contributed by atoms with Crippen LogP contribution in [0.3, 0.4) is 0 Å². The van der Waals surface area contributed by atoms with E-state index in [0.717, 1.165) is 16.9 Å². The molecule has 2 aromatic rings. The summed E-state index contributed by atoms with van der Waals surface area (Å²) in [6.45, 7) is 5.49. The van der Waals surface area contributed by atoms with Crippen molar-refractivity contribution in [2.24, 2.45) is 5.92 Å². The predicted octanol–water partition coefficient (Wildman–Crippen LogP) is 2.96. The van der Waals surface area contributed by atoms with E-state index < -0.39 is 10.0 Å². The van der Waals surface area contributed by atoms with E-state index >= 15 is 0 Å². The van der Waals surface area contributed by atoms with Crippen molar-refractivity contribution in [3.05, 3.63) is 46.8 Å². The Balaban J connectivity index is 1.50. The van der Waals surface area contributed by atoms with E-state index in [1.54, 1.807) is 17.5 Å². The number of ether oxygens (including phenoxy) is 1. The van der Waals surface area contributed by atoms with Gasteiger partial charge in [-0.25, -0.2) is 8.42 Å². The molecule has 1 saturated heterocycles. The van der Waals surface area contributed by atoms with E-state index in [2.05, 4.69) is 5.32 Å². The number of benzene rings is 1. The number of rotatable bonds is 7. The number of carbonyl (C=O) groups is 1. The average Bonchev–Trinajstić information content (AvgIpc) is 3.24. The minimum Gasteiger partial charge on any atom is -0.491 e. The second-order valence-electron chi connectivity index (χ2n) is 6.97. The summed E-state index contributed by atoms with van der Waals surface area (Å²) in [5.41, 5.74) is 2.26. The summed E-state index contributed by atoms with van der Waals surface area (Å²) in [5, 5.41) is 4.63. The van der Waals surface area contributed by atoms with Crippen molar-refractivity contribution < 1.29 is 17.9 Å². The lowest BCUT2D eigenvalue weighted by molar-refractivity contribution is -0.126. The van der Waals surface area contributed by atoms with Crippen LogP contribution in [0.5, 0.6) is 5.75 Å². The number of aryl methyl sites for hydroxylation is 1. The summed E-state index contributed by atoms with van der Waals surface area (Å²) in [6.07, 6.45) is 1.38. The van der Waals surface area contributed by atoms with E-state index in [0.29, 0.717) is 36.7 Å². The number of nitrogens with zero attached hydrogens (tertiary/aromatic N) is 1. The van der Waals surface area contributed by atoms with Gasteiger partial charge in [0.2, 0.25) is 5.91 Å². The quantitative estimate of drug-likeness (QED) is 0.696. The number of nitrogens with one attached hydrogen (secondary N) is 1. The molecule has 1 aliphatic rings. The molecule has 0 unspecified atom stereocenters. The molecule has 0 spiro atoms. The fraction of sp³-hybridized carbons (Fsp3) is 0.450. The number of sulfonamides is 1. The lowest BCUT2D eigenvalue weighted by Crippen LogP contribution is -2.45. The highest BCUT2D eigenvalue weighted by atomic mass is 32.2. The lowest BCUT2D eigenvalue weighted by atomic mass is 9.99. The van der Waals surface area contributed by atoms with Gasteiger partial charge in [-0.05, 0) is 55.3 Å². The standard InChI is InChI=1S/C20H26N2O4S2/c1-15-6-3-8-18(16(15)2)26-12-10-21-20(23)17-7-4-11-22(14-17)28(24,25)19-9-5-13-27-19/h3,5-6,8-9,13,17H,4,7,10-12,14H2,1-2H3,(H,21,23)/t17-/m1/s1. The van der Waals surface area contributed by atoms with Crippen molar-refractivity contribution in [3.63, 3.8) is 0 Å². The van der Waals surface area contributed by atoms with E-state index in [4.69, 9.17) is 4.74 Å². The Hall–Kier alpha value is -1.90. The molecule has 28 heavy (non-hydrogen) atoms. The monoisotopic (exact) mass is 422 g/mol. The SMILES string of the molecule is Cc1cccc(OCCNC(=O)[C@@H]2CCCN(S(=O)(=O)c3cccs3)C2)c1C. The van der Waals surface area contributed by atoms with Crippen molar-refractivity contribution in [2.45, 2.75) is 30.9 Å². The van der Waals surface area contributed by atoms with E-state index in [9.17, 15) is 13.2 Å². The lowest BCUT2D eigenvalue weighted by Gasteiger charge is -2.30. The summed E-state index contributed by atoms with van der Waals surface area (Å²) in [5.74, 6) is 0.375. The number of piperidine rings is 1. The van der Waals surface area contributed by atoms with Crippen LogP contribution in [0.25, 0.3) is 0 Å². The molecule has 1 amide bonds. The second-order valence-corrected chi connectivity index (χ2v) is 10.1. The zero-order valence-electron chi connectivity index (χ0n) is 16.2. The normalized spacial score (nSPS) is 18.0. The van der Waals surface area contributed by atoms with Gasteiger partial charge in [-0.3, -0.25) is 4.79 Å². The Morgan fingerprint density at radius 3 is 2.86 bits per heavy atom. The minimum absolute atomic E-state index is 0.115. The maximum absolute atomic E-state index is 12.7. The molecular formula is C20H26N2O4S2.